The van der Waals surface area contributed by atoms with Gasteiger partial charge in [0.1, 0.15) is 17.5 Å². The Morgan fingerprint density at radius 1 is 1.26 bits per heavy atom. The Hall–Kier alpha value is -3.08. The van der Waals surface area contributed by atoms with Crippen LogP contribution in [0.5, 0.6) is 5.75 Å². The standard InChI is InChI=1S/C26H30Cl2FN5O4/c1-14(22-17(27)5-6-18(29)23(22)28)37-21-9-15(10-31-24(21)30)16-11-32-34(12-16)19-7-8-33(13-20(19)35)25(36)38-26(2,3)4/h5-6,9-12,14,19-20,35H,7-8,13H2,1-4H3,(H2,30,31)/t14-,19+,20+/m1/s1. The molecular weight excluding hydrogens is 536 g/mol. The summed E-state index contributed by atoms with van der Waals surface area (Å²) >= 11 is 12.4. The molecule has 3 atom stereocenters. The number of pyridine rings is 1. The van der Waals surface area contributed by atoms with Gasteiger partial charge >= 0.3 is 6.09 Å². The Labute approximate surface area is 230 Å². The highest BCUT2D eigenvalue weighted by atomic mass is 35.5. The molecule has 1 aliphatic rings. The van der Waals surface area contributed by atoms with Crippen LogP contribution >= 0.6 is 23.2 Å². The number of carbonyl (C=O) groups is 1. The van der Waals surface area contributed by atoms with E-state index in [1.54, 1.807) is 57.0 Å². The molecule has 0 saturated carbocycles. The van der Waals surface area contributed by atoms with E-state index in [1.807, 2.05) is 0 Å². The zero-order valence-electron chi connectivity index (χ0n) is 21.5. The van der Waals surface area contributed by atoms with Gasteiger partial charge in [0.15, 0.2) is 11.6 Å². The number of nitrogens with two attached hydrogens (primary N) is 1. The predicted molar refractivity (Wildman–Crippen MR) is 143 cm³/mol. The summed E-state index contributed by atoms with van der Waals surface area (Å²) in [4.78, 5) is 18.1. The summed E-state index contributed by atoms with van der Waals surface area (Å²) in [6.07, 6.45) is 3.53. The van der Waals surface area contributed by atoms with E-state index in [-0.39, 0.29) is 34.2 Å². The fourth-order valence-electron chi connectivity index (χ4n) is 4.26. The number of aliphatic hydroxyl groups excluding tert-OH is 1. The highest BCUT2D eigenvalue weighted by Crippen LogP contribution is 2.37. The van der Waals surface area contributed by atoms with E-state index < -0.39 is 29.7 Å². The van der Waals surface area contributed by atoms with Crippen LogP contribution in [-0.2, 0) is 4.74 Å². The molecule has 0 spiro atoms. The van der Waals surface area contributed by atoms with Crippen molar-refractivity contribution >= 4 is 35.1 Å². The van der Waals surface area contributed by atoms with Crippen LogP contribution < -0.4 is 10.5 Å². The second-order valence-electron chi connectivity index (χ2n) is 10.2. The normalized spacial score (nSPS) is 18.8. The molecule has 1 aliphatic heterocycles. The maximum atomic E-state index is 14.0. The summed E-state index contributed by atoms with van der Waals surface area (Å²) in [7, 11) is 0. The average Bonchev–Trinajstić information content (AvgIpc) is 3.32. The van der Waals surface area contributed by atoms with Crippen molar-refractivity contribution in [2.75, 3.05) is 18.8 Å². The number of halogens is 3. The van der Waals surface area contributed by atoms with Crippen molar-refractivity contribution < 1.29 is 23.8 Å². The molecule has 3 heterocycles. The summed E-state index contributed by atoms with van der Waals surface area (Å²) in [5.41, 5.74) is 7.13. The monoisotopic (exact) mass is 565 g/mol. The van der Waals surface area contributed by atoms with E-state index in [0.717, 1.165) is 5.56 Å². The number of aromatic nitrogens is 3. The van der Waals surface area contributed by atoms with Crippen LogP contribution in [0.1, 0.15) is 51.8 Å². The molecular formula is C26H30Cl2FN5O4. The second kappa shape index (κ2) is 11.0. The van der Waals surface area contributed by atoms with Crippen molar-refractivity contribution in [3.8, 4) is 16.9 Å². The Kier molecular flexibility index (Phi) is 8.06. The molecule has 204 valence electrons. The van der Waals surface area contributed by atoms with Gasteiger partial charge in [-0.1, -0.05) is 23.2 Å². The maximum Gasteiger partial charge on any atom is 0.410 e. The Bertz CT molecular complexity index is 1330. The number of amides is 1. The van der Waals surface area contributed by atoms with Crippen LogP contribution in [0.3, 0.4) is 0 Å². The number of likely N-dealkylation sites (tertiary alicyclic amines) is 1. The van der Waals surface area contributed by atoms with Gasteiger partial charge in [-0.3, -0.25) is 4.68 Å². The fraction of sp³-hybridized carbons (Fsp3) is 0.423. The zero-order chi connectivity index (χ0) is 27.8. The lowest BCUT2D eigenvalue weighted by Gasteiger charge is -2.36. The molecule has 0 aliphatic carbocycles. The first-order valence-corrected chi connectivity index (χ1v) is 12.9. The largest absolute Gasteiger partial charge is 0.482 e. The third-order valence-electron chi connectivity index (χ3n) is 6.14. The quantitative estimate of drug-likeness (QED) is 0.383. The van der Waals surface area contributed by atoms with Gasteiger partial charge in [0.25, 0.3) is 0 Å². The lowest BCUT2D eigenvalue weighted by Crippen LogP contribution is -2.48. The van der Waals surface area contributed by atoms with Crippen LogP contribution in [0.2, 0.25) is 10.0 Å². The third kappa shape index (κ3) is 6.14. The number of piperidine rings is 1. The summed E-state index contributed by atoms with van der Waals surface area (Å²) < 4.78 is 27.1. The smallest absolute Gasteiger partial charge is 0.410 e. The first kappa shape index (κ1) is 27.9. The van der Waals surface area contributed by atoms with E-state index in [1.165, 1.54) is 17.0 Å². The SMILES string of the molecule is C[C@@H](Oc1cc(-c2cnn([C@H]3CCN(C(=O)OC(C)(C)C)C[C@@H]3O)c2)cnc1N)c1c(Cl)ccc(F)c1Cl. The van der Waals surface area contributed by atoms with Gasteiger partial charge in [0.2, 0.25) is 0 Å². The maximum absolute atomic E-state index is 14.0. The van der Waals surface area contributed by atoms with Gasteiger partial charge in [0, 0.05) is 40.7 Å². The number of benzene rings is 1. The van der Waals surface area contributed by atoms with Crippen LogP contribution in [0.25, 0.3) is 11.1 Å². The fourth-order valence-corrected chi connectivity index (χ4v) is 4.94. The summed E-state index contributed by atoms with van der Waals surface area (Å²) in [6, 6.07) is 3.98. The summed E-state index contributed by atoms with van der Waals surface area (Å²) in [5.74, 6) is -0.195. The Balaban J connectivity index is 1.49. The van der Waals surface area contributed by atoms with Crippen LogP contribution in [0, 0.1) is 5.82 Å². The Morgan fingerprint density at radius 2 is 2.00 bits per heavy atom. The first-order valence-electron chi connectivity index (χ1n) is 12.1. The van der Waals surface area contributed by atoms with Crippen molar-refractivity contribution in [2.24, 2.45) is 0 Å². The Morgan fingerprint density at radius 3 is 2.68 bits per heavy atom. The molecule has 12 heteroatoms. The lowest BCUT2D eigenvalue weighted by molar-refractivity contribution is -0.0118. The molecule has 1 saturated heterocycles. The van der Waals surface area contributed by atoms with E-state index in [2.05, 4.69) is 10.1 Å². The van der Waals surface area contributed by atoms with Gasteiger partial charge < -0.3 is 25.2 Å². The van der Waals surface area contributed by atoms with Crippen molar-refractivity contribution in [3.63, 3.8) is 0 Å². The summed E-state index contributed by atoms with van der Waals surface area (Å²) in [6.45, 7) is 7.65. The summed E-state index contributed by atoms with van der Waals surface area (Å²) in [5, 5.41) is 15.3. The number of rotatable bonds is 5. The van der Waals surface area contributed by atoms with Crippen molar-refractivity contribution in [1.29, 1.82) is 0 Å². The van der Waals surface area contributed by atoms with Crippen molar-refractivity contribution in [3.05, 3.63) is 58.2 Å². The van der Waals surface area contributed by atoms with Crippen molar-refractivity contribution in [1.82, 2.24) is 19.7 Å². The molecule has 0 bridgehead atoms. The minimum Gasteiger partial charge on any atom is -0.482 e. The van der Waals surface area contributed by atoms with Gasteiger partial charge in [0.05, 0.1) is 29.9 Å². The number of nitrogen functional groups attached to an aromatic ring is 1. The second-order valence-corrected chi connectivity index (χ2v) is 11.0. The topological polar surface area (TPSA) is 116 Å². The van der Waals surface area contributed by atoms with E-state index >= 15 is 0 Å². The molecule has 38 heavy (non-hydrogen) atoms. The van der Waals surface area contributed by atoms with E-state index in [9.17, 15) is 14.3 Å². The number of β-amino-alcohol motifs (C(OH)–C–C–N with tert-alkyl or cyclic N) is 1. The minimum atomic E-state index is -0.825. The molecule has 1 aromatic carbocycles. The molecule has 0 unspecified atom stereocenters. The van der Waals surface area contributed by atoms with Gasteiger partial charge in [-0.25, -0.2) is 14.2 Å². The van der Waals surface area contributed by atoms with Crippen LogP contribution in [-0.4, -0.2) is 55.7 Å². The minimum absolute atomic E-state index is 0.120. The van der Waals surface area contributed by atoms with Gasteiger partial charge in [-0.05, 0) is 52.3 Å². The van der Waals surface area contributed by atoms with Crippen LogP contribution in [0.4, 0.5) is 15.0 Å². The molecule has 0 radical (unpaired) electrons. The predicted octanol–water partition coefficient (Wildman–Crippen LogP) is 5.66. The number of aliphatic hydroxyl groups is 1. The van der Waals surface area contributed by atoms with E-state index in [0.29, 0.717) is 24.1 Å². The zero-order valence-corrected chi connectivity index (χ0v) is 23.0. The molecule has 2 aromatic heterocycles. The third-order valence-corrected chi connectivity index (χ3v) is 6.86. The molecule has 1 amide bonds. The van der Waals surface area contributed by atoms with E-state index in [4.69, 9.17) is 38.4 Å². The van der Waals surface area contributed by atoms with Crippen LogP contribution in [0.15, 0.2) is 36.8 Å². The van der Waals surface area contributed by atoms with Crippen molar-refractivity contribution in [2.45, 2.75) is 58.0 Å². The highest BCUT2D eigenvalue weighted by Gasteiger charge is 2.34. The average molecular weight is 566 g/mol. The van der Waals surface area contributed by atoms with Gasteiger partial charge in [-0.15, -0.1) is 0 Å². The number of anilines is 1. The number of hydrogen-bond donors (Lipinski definition) is 2. The molecule has 3 N–H and O–H groups in total. The first-order chi connectivity index (χ1) is 17.8. The molecule has 4 rings (SSSR count). The lowest BCUT2D eigenvalue weighted by atomic mass is 10.0. The molecule has 9 nitrogen and oxygen atoms in total. The highest BCUT2D eigenvalue weighted by molar-refractivity contribution is 6.36. The number of hydrogen-bond acceptors (Lipinski definition) is 7. The molecule has 1 fully saturated rings. The number of nitrogens with zero attached hydrogens (tertiary/aromatic N) is 4. The number of ether oxygens (including phenoxy) is 2. The van der Waals surface area contributed by atoms with Gasteiger partial charge in [-0.2, -0.15) is 5.10 Å². The number of carbonyl (C=O) groups excluding carboxylic acids is 1. The molecule has 3 aromatic rings.